The van der Waals surface area contributed by atoms with Gasteiger partial charge in [-0.05, 0) is 18.4 Å². The van der Waals surface area contributed by atoms with Gasteiger partial charge < -0.3 is 15.2 Å². The smallest absolute Gasteiger partial charge is 0.314 e. The molecule has 2 aromatic rings. The van der Waals surface area contributed by atoms with Crippen LogP contribution in [0.25, 0.3) is 0 Å². The molecule has 0 atom stereocenters. The number of urea groups is 1. The lowest BCUT2D eigenvalue weighted by molar-refractivity contribution is 0.242. The van der Waals surface area contributed by atoms with Crippen molar-refractivity contribution in [2.75, 3.05) is 13.6 Å². The van der Waals surface area contributed by atoms with E-state index in [1.54, 1.807) is 7.05 Å². The standard InChI is InChI=1S/C15H20N4O2/c1-16-15(20)17-11-10-14-18-13(19-21-14)9-5-8-12-6-3-2-4-7-12/h2-4,6-7H,5,8-11H2,1H3,(H2,16,17,20). The highest BCUT2D eigenvalue weighted by molar-refractivity contribution is 5.73. The highest BCUT2D eigenvalue weighted by Crippen LogP contribution is 2.06. The Morgan fingerprint density at radius 2 is 2.00 bits per heavy atom. The van der Waals surface area contributed by atoms with Crippen LogP contribution in [-0.2, 0) is 19.3 Å². The van der Waals surface area contributed by atoms with E-state index in [-0.39, 0.29) is 6.03 Å². The van der Waals surface area contributed by atoms with Crippen molar-refractivity contribution in [2.45, 2.75) is 25.7 Å². The molecule has 0 bridgehead atoms. The molecular formula is C15H20N4O2. The van der Waals surface area contributed by atoms with Gasteiger partial charge in [-0.3, -0.25) is 0 Å². The molecule has 21 heavy (non-hydrogen) atoms. The van der Waals surface area contributed by atoms with Gasteiger partial charge in [-0.15, -0.1) is 0 Å². The van der Waals surface area contributed by atoms with E-state index in [1.807, 2.05) is 18.2 Å². The second-order valence-corrected chi connectivity index (χ2v) is 4.70. The van der Waals surface area contributed by atoms with Gasteiger partial charge in [0.2, 0.25) is 5.89 Å². The Bertz CT molecular complexity index is 554. The summed E-state index contributed by atoms with van der Waals surface area (Å²) in [6.45, 7) is 0.478. The number of benzene rings is 1. The molecule has 6 heteroatoms. The zero-order valence-electron chi connectivity index (χ0n) is 12.1. The minimum Gasteiger partial charge on any atom is -0.341 e. The summed E-state index contributed by atoms with van der Waals surface area (Å²) in [5.74, 6) is 1.28. The maximum atomic E-state index is 11.0. The fraction of sp³-hybridized carbons (Fsp3) is 0.400. The molecule has 0 aliphatic rings. The number of aryl methyl sites for hydroxylation is 2. The molecule has 0 spiro atoms. The van der Waals surface area contributed by atoms with Crippen molar-refractivity contribution < 1.29 is 9.32 Å². The normalized spacial score (nSPS) is 10.3. The number of carbonyl (C=O) groups is 1. The molecule has 2 rings (SSSR count). The van der Waals surface area contributed by atoms with Gasteiger partial charge in [0.25, 0.3) is 0 Å². The van der Waals surface area contributed by atoms with Crippen LogP contribution in [0.3, 0.4) is 0 Å². The van der Waals surface area contributed by atoms with Gasteiger partial charge in [0.05, 0.1) is 0 Å². The van der Waals surface area contributed by atoms with E-state index in [4.69, 9.17) is 4.52 Å². The second kappa shape index (κ2) is 8.04. The van der Waals surface area contributed by atoms with Gasteiger partial charge in [0.1, 0.15) is 0 Å². The van der Waals surface area contributed by atoms with Crippen LogP contribution in [0.2, 0.25) is 0 Å². The number of amides is 2. The van der Waals surface area contributed by atoms with E-state index in [0.717, 1.165) is 25.1 Å². The molecule has 0 saturated heterocycles. The summed E-state index contributed by atoms with van der Waals surface area (Å²) in [6, 6.07) is 10.1. The van der Waals surface area contributed by atoms with Gasteiger partial charge in [0.15, 0.2) is 5.82 Å². The average Bonchev–Trinajstić information content (AvgIpc) is 2.96. The Labute approximate surface area is 123 Å². The van der Waals surface area contributed by atoms with Crippen LogP contribution in [0, 0.1) is 0 Å². The maximum Gasteiger partial charge on any atom is 0.314 e. The third kappa shape index (κ3) is 5.25. The van der Waals surface area contributed by atoms with Gasteiger partial charge >= 0.3 is 6.03 Å². The van der Waals surface area contributed by atoms with E-state index in [2.05, 4.69) is 32.9 Å². The van der Waals surface area contributed by atoms with E-state index in [9.17, 15) is 4.79 Å². The van der Waals surface area contributed by atoms with Crippen molar-refractivity contribution >= 4 is 6.03 Å². The number of hydrogen-bond acceptors (Lipinski definition) is 4. The summed E-state index contributed by atoms with van der Waals surface area (Å²) in [4.78, 5) is 15.3. The Morgan fingerprint density at radius 1 is 1.19 bits per heavy atom. The molecule has 0 radical (unpaired) electrons. The summed E-state index contributed by atoms with van der Waals surface area (Å²) in [5, 5.41) is 9.11. The van der Waals surface area contributed by atoms with Crippen LogP contribution >= 0.6 is 0 Å². The predicted octanol–water partition coefficient (Wildman–Crippen LogP) is 1.72. The first-order valence-electron chi connectivity index (χ1n) is 7.09. The van der Waals surface area contributed by atoms with Gasteiger partial charge in [0, 0.05) is 26.4 Å². The molecule has 0 unspecified atom stereocenters. The topological polar surface area (TPSA) is 80.0 Å². The summed E-state index contributed by atoms with van der Waals surface area (Å²) in [5.41, 5.74) is 1.32. The largest absolute Gasteiger partial charge is 0.341 e. The molecule has 0 aliphatic heterocycles. The van der Waals surface area contributed by atoms with Crippen LogP contribution in [0.1, 0.15) is 23.7 Å². The van der Waals surface area contributed by atoms with Crippen LogP contribution in [0.4, 0.5) is 4.79 Å². The Balaban J connectivity index is 1.69. The zero-order chi connectivity index (χ0) is 14.9. The molecule has 2 N–H and O–H groups in total. The zero-order valence-corrected chi connectivity index (χ0v) is 12.1. The molecule has 112 valence electrons. The molecule has 1 heterocycles. The SMILES string of the molecule is CNC(=O)NCCc1nc(CCCc2ccccc2)no1. The highest BCUT2D eigenvalue weighted by atomic mass is 16.5. The fourth-order valence-electron chi connectivity index (χ4n) is 1.96. The molecule has 0 saturated carbocycles. The fourth-order valence-corrected chi connectivity index (χ4v) is 1.96. The number of rotatable bonds is 7. The van der Waals surface area contributed by atoms with Crippen molar-refractivity contribution in [1.29, 1.82) is 0 Å². The van der Waals surface area contributed by atoms with E-state index in [0.29, 0.717) is 18.9 Å². The van der Waals surface area contributed by atoms with Crippen molar-refractivity contribution in [3.8, 4) is 0 Å². The van der Waals surface area contributed by atoms with Crippen LogP contribution in [-0.4, -0.2) is 29.8 Å². The number of carbonyl (C=O) groups excluding carboxylic acids is 1. The first-order valence-corrected chi connectivity index (χ1v) is 7.09. The summed E-state index contributed by atoms with van der Waals surface area (Å²) >= 11 is 0. The van der Waals surface area contributed by atoms with E-state index >= 15 is 0 Å². The van der Waals surface area contributed by atoms with Crippen molar-refractivity contribution in [3.05, 3.63) is 47.6 Å². The van der Waals surface area contributed by atoms with Crippen LogP contribution in [0.15, 0.2) is 34.9 Å². The van der Waals surface area contributed by atoms with Crippen molar-refractivity contribution in [2.24, 2.45) is 0 Å². The molecule has 0 fully saturated rings. The van der Waals surface area contributed by atoms with Crippen LogP contribution in [0.5, 0.6) is 0 Å². The number of aromatic nitrogens is 2. The maximum absolute atomic E-state index is 11.0. The number of nitrogens with one attached hydrogen (secondary N) is 2. The predicted molar refractivity (Wildman–Crippen MR) is 78.9 cm³/mol. The quantitative estimate of drug-likeness (QED) is 0.813. The third-order valence-electron chi connectivity index (χ3n) is 3.07. The summed E-state index contributed by atoms with van der Waals surface area (Å²) in [6.07, 6.45) is 3.32. The molecule has 6 nitrogen and oxygen atoms in total. The van der Waals surface area contributed by atoms with Gasteiger partial charge in [-0.1, -0.05) is 35.5 Å². The summed E-state index contributed by atoms with van der Waals surface area (Å²) < 4.78 is 5.15. The first-order chi connectivity index (χ1) is 10.3. The van der Waals surface area contributed by atoms with Gasteiger partial charge in [-0.25, -0.2) is 4.79 Å². The molecule has 1 aromatic heterocycles. The monoisotopic (exact) mass is 288 g/mol. The number of hydrogen-bond donors (Lipinski definition) is 2. The lowest BCUT2D eigenvalue weighted by Gasteiger charge is -2.00. The van der Waals surface area contributed by atoms with E-state index in [1.165, 1.54) is 5.56 Å². The first kappa shape index (κ1) is 15.0. The van der Waals surface area contributed by atoms with E-state index < -0.39 is 0 Å². The number of nitrogens with zero attached hydrogens (tertiary/aromatic N) is 2. The van der Waals surface area contributed by atoms with Crippen molar-refractivity contribution in [3.63, 3.8) is 0 Å². The second-order valence-electron chi connectivity index (χ2n) is 4.70. The third-order valence-corrected chi connectivity index (χ3v) is 3.07. The lowest BCUT2D eigenvalue weighted by Crippen LogP contribution is -2.34. The minimum atomic E-state index is -0.211. The van der Waals surface area contributed by atoms with Crippen molar-refractivity contribution in [1.82, 2.24) is 20.8 Å². The molecular weight excluding hydrogens is 268 g/mol. The molecule has 1 aromatic carbocycles. The Morgan fingerprint density at radius 3 is 2.76 bits per heavy atom. The molecule has 0 aliphatic carbocycles. The summed E-state index contributed by atoms with van der Waals surface area (Å²) in [7, 11) is 1.58. The minimum absolute atomic E-state index is 0.211. The highest BCUT2D eigenvalue weighted by Gasteiger charge is 2.06. The average molecular weight is 288 g/mol. The Kier molecular flexibility index (Phi) is 5.75. The van der Waals surface area contributed by atoms with Gasteiger partial charge in [-0.2, -0.15) is 4.98 Å². The Hall–Kier alpha value is -2.37. The van der Waals surface area contributed by atoms with Crippen LogP contribution < -0.4 is 10.6 Å². The molecule has 2 amide bonds. The lowest BCUT2D eigenvalue weighted by atomic mass is 10.1.